The van der Waals surface area contributed by atoms with Crippen LogP contribution in [0.3, 0.4) is 0 Å². The van der Waals surface area contributed by atoms with Gasteiger partial charge < -0.3 is 15.4 Å². The Balaban J connectivity index is 1.17. The third-order valence-corrected chi connectivity index (χ3v) is 8.55. The predicted molar refractivity (Wildman–Crippen MR) is 147 cm³/mol. The summed E-state index contributed by atoms with van der Waals surface area (Å²) in [5.74, 6) is 1.23. The molecule has 1 amide bonds. The van der Waals surface area contributed by atoms with E-state index in [2.05, 4.69) is 15.0 Å². The number of fused-ring (bicyclic) bond motifs is 1. The highest BCUT2D eigenvalue weighted by molar-refractivity contribution is 7.17. The van der Waals surface area contributed by atoms with Crippen LogP contribution < -0.4 is 10.5 Å². The van der Waals surface area contributed by atoms with Gasteiger partial charge in [0.05, 0.1) is 11.4 Å². The molecule has 0 spiro atoms. The van der Waals surface area contributed by atoms with Crippen molar-refractivity contribution in [1.29, 1.82) is 0 Å². The number of carbonyl (C=O) groups is 1. The van der Waals surface area contributed by atoms with Gasteiger partial charge in [-0.2, -0.15) is 0 Å². The number of likely N-dealkylation sites (tertiary alicyclic amines) is 1. The Morgan fingerprint density at radius 3 is 2.49 bits per heavy atom. The Morgan fingerprint density at radius 2 is 1.82 bits per heavy atom. The number of ether oxygens (including phenoxy) is 1. The van der Waals surface area contributed by atoms with E-state index in [0.29, 0.717) is 51.6 Å². The van der Waals surface area contributed by atoms with Crippen molar-refractivity contribution in [3.05, 3.63) is 76.3 Å². The van der Waals surface area contributed by atoms with E-state index in [9.17, 15) is 9.18 Å². The number of rotatable bonds is 6. The molecule has 39 heavy (non-hydrogen) atoms. The fraction of sp³-hybridized carbons (Fsp3) is 0.345. The monoisotopic (exact) mass is 544 g/mol. The van der Waals surface area contributed by atoms with Gasteiger partial charge in [-0.3, -0.25) is 4.79 Å². The number of nitrogens with two attached hydrogens (primary N) is 1. The molecular weight excluding hydrogens is 515 g/mol. The molecule has 2 aliphatic rings. The zero-order valence-corrected chi connectivity index (χ0v) is 23.0. The molecule has 3 aromatic heterocycles. The fourth-order valence-electron chi connectivity index (χ4n) is 5.09. The predicted octanol–water partition coefficient (Wildman–Crippen LogP) is 4.76. The lowest BCUT2D eigenvalue weighted by molar-refractivity contribution is 0.0755. The summed E-state index contributed by atoms with van der Waals surface area (Å²) in [6.07, 6.45) is 3.31. The van der Waals surface area contributed by atoms with Crippen molar-refractivity contribution in [3.8, 4) is 28.0 Å². The molecule has 0 bridgehead atoms. The van der Waals surface area contributed by atoms with Gasteiger partial charge in [0.15, 0.2) is 10.8 Å². The van der Waals surface area contributed by atoms with Crippen LogP contribution in [-0.2, 0) is 5.54 Å². The lowest BCUT2D eigenvalue weighted by Gasteiger charge is -2.22. The zero-order valence-electron chi connectivity index (χ0n) is 22.2. The van der Waals surface area contributed by atoms with Gasteiger partial charge in [-0.25, -0.2) is 24.3 Å². The SMILES string of the molecule is Cc1cc(-c2cc(C(C)(C)N)cc(OC3C4CN(C(=O)c5sc(-c6ncccn6)nc5C)CC43)n2)ccc1F. The van der Waals surface area contributed by atoms with Crippen LogP contribution in [-0.4, -0.2) is 49.9 Å². The molecule has 1 saturated heterocycles. The molecule has 200 valence electrons. The van der Waals surface area contributed by atoms with E-state index in [1.807, 2.05) is 37.8 Å². The van der Waals surface area contributed by atoms with E-state index >= 15 is 0 Å². The zero-order chi connectivity index (χ0) is 27.5. The van der Waals surface area contributed by atoms with Crippen LogP contribution in [0.15, 0.2) is 48.8 Å². The minimum Gasteiger partial charge on any atom is -0.474 e. The maximum atomic E-state index is 13.9. The number of aryl methyl sites for hydroxylation is 2. The molecule has 2 unspecified atom stereocenters. The van der Waals surface area contributed by atoms with Crippen molar-refractivity contribution in [2.24, 2.45) is 17.6 Å². The van der Waals surface area contributed by atoms with Crippen molar-refractivity contribution >= 4 is 17.2 Å². The van der Waals surface area contributed by atoms with E-state index in [0.717, 1.165) is 11.1 Å². The second-order valence-electron chi connectivity index (χ2n) is 10.9. The second kappa shape index (κ2) is 9.46. The number of piperidine rings is 1. The number of hydrogen-bond acceptors (Lipinski definition) is 8. The van der Waals surface area contributed by atoms with Crippen molar-refractivity contribution in [3.63, 3.8) is 0 Å². The van der Waals surface area contributed by atoms with Crippen LogP contribution in [0.1, 0.15) is 40.3 Å². The Bertz CT molecular complexity index is 1560. The van der Waals surface area contributed by atoms with E-state index < -0.39 is 5.54 Å². The average molecular weight is 545 g/mol. The van der Waals surface area contributed by atoms with Crippen LogP contribution in [0.4, 0.5) is 4.39 Å². The maximum absolute atomic E-state index is 13.9. The highest BCUT2D eigenvalue weighted by atomic mass is 32.1. The number of pyridine rings is 1. The summed E-state index contributed by atoms with van der Waals surface area (Å²) in [5.41, 5.74) is 9.43. The first-order chi connectivity index (χ1) is 18.6. The normalized spacial score (nSPS) is 20.2. The van der Waals surface area contributed by atoms with E-state index in [4.69, 9.17) is 15.5 Å². The van der Waals surface area contributed by atoms with Gasteiger partial charge in [-0.05, 0) is 69.2 Å². The number of nitrogens with zero attached hydrogens (tertiary/aromatic N) is 5. The van der Waals surface area contributed by atoms with E-state index in [1.54, 1.807) is 37.5 Å². The largest absolute Gasteiger partial charge is 0.474 e. The standard InChI is InChI=1S/C29H29FN6O2S/c1-15-10-17(6-7-21(15)30)22-11-18(29(3,4)31)12-23(35-22)38-24-19-13-36(14-20(19)24)28(37)25-16(2)34-27(39-25)26-32-8-5-9-33-26/h5-12,19-20,24H,13-14,31H2,1-4H3. The van der Waals surface area contributed by atoms with Crippen LogP contribution in [0, 0.1) is 31.5 Å². The van der Waals surface area contributed by atoms with Gasteiger partial charge in [-0.1, -0.05) is 0 Å². The Labute approximate surface area is 230 Å². The highest BCUT2D eigenvalue weighted by Crippen LogP contribution is 2.48. The smallest absolute Gasteiger partial charge is 0.265 e. The summed E-state index contributed by atoms with van der Waals surface area (Å²) < 4.78 is 20.2. The molecule has 6 rings (SSSR count). The van der Waals surface area contributed by atoms with Crippen molar-refractivity contribution in [2.45, 2.75) is 39.3 Å². The maximum Gasteiger partial charge on any atom is 0.265 e. The lowest BCUT2D eigenvalue weighted by Crippen LogP contribution is -2.33. The lowest BCUT2D eigenvalue weighted by atomic mass is 9.94. The van der Waals surface area contributed by atoms with Crippen LogP contribution in [0.2, 0.25) is 0 Å². The average Bonchev–Trinajstić information content (AvgIpc) is 3.22. The molecule has 1 aliphatic carbocycles. The summed E-state index contributed by atoms with van der Waals surface area (Å²) in [4.78, 5) is 33.6. The van der Waals surface area contributed by atoms with E-state index in [-0.39, 0.29) is 29.7 Å². The molecule has 10 heteroatoms. The Morgan fingerprint density at radius 1 is 1.10 bits per heavy atom. The number of aromatic nitrogens is 4. The summed E-state index contributed by atoms with van der Waals surface area (Å²) in [7, 11) is 0. The third-order valence-electron chi connectivity index (χ3n) is 7.41. The number of carbonyl (C=O) groups excluding carboxylic acids is 1. The molecule has 1 aromatic carbocycles. The molecule has 2 atom stereocenters. The molecule has 8 nitrogen and oxygen atoms in total. The topological polar surface area (TPSA) is 107 Å². The molecule has 2 fully saturated rings. The number of thiazole rings is 1. The Hall–Kier alpha value is -3.76. The van der Waals surface area contributed by atoms with Crippen molar-refractivity contribution < 1.29 is 13.9 Å². The molecule has 0 radical (unpaired) electrons. The Kier molecular flexibility index (Phi) is 6.19. The van der Waals surface area contributed by atoms with Gasteiger partial charge in [0.2, 0.25) is 5.88 Å². The first-order valence-corrected chi connectivity index (χ1v) is 13.7. The minimum atomic E-state index is -0.607. The molecule has 4 heterocycles. The van der Waals surface area contributed by atoms with Crippen molar-refractivity contribution in [2.75, 3.05) is 13.1 Å². The summed E-state index contributed by atoms with van der Waals surface area (Å²) in [5, 5.41) is 0.642. The van der Waals surface area contributed by atoms with Gasteiger partial charge in [-0.15, -0.1) is 11.3 Å². The molecule has 4 aromatic rings. The van der Waals surface area contributed by atoms with Gasteiger partial charge >= 0.3 is 0 Å². The van der Waals surface area contributed by atoms with Gasteiger partial charge in [0, 0.05) is 54.5 Å². The molecule has 1 saturated carbocycles. The highest BCUT2D eigenvalue weighted by Gasteiger charge is 2.59. The summed E-state index contributed by atoms with van der Waals surface area (Å²) in [6.45, 7) is 8.67. The van der Waals surface area contributed by atoms with Crippen LogP contribution in [0.25, 0.3) is 22.1 Å². The van der Waals surface area contributed by atoms with Gasteiger partial charge in [0.25, 0.3) is 5.91 Å². The van der Waals surface area contributed by atoms with E-state index in [1.165, 1.54) is 17.4 Å². The van der Waals surface area contributed by atoms with Crippen LogP contribution in [0.5, 0.6) is 5.88 Å². The van der Waals surface area contributed by atoms with Crippen molar-refractivity contribution in [1.82, 2.24) is 24.8 Å². The van der Waals surface area contributed by atoms with Gasteiger partial charge in [0.1, 0.15) is 16.8 Å². The first-order valence-electron chi connectivity index (χ1n) is 12.9. The fourth-order valence-corrected chi connectivity index (χ4v) is 6.07. The first kappa shape index (κ1) is 25.5. The number of amides is 1. The number of hydrogen-bond donors (Lipinski definition) is 1. The minimum absolute atomic E-state index is 0.0166. The number of halogens is 1. The molecule has 1 aliphatic heterocycles. The van der Waals surface area contributed by atoms with Crippen LogP contribution >= 0.6 is 11.3 Å². The molecular formula is C29H29FN6O2S. The number of benzene rings is 1. The quantitative estimate of drug-likeness (QED) is 0.373. The summed E-state index contributed by atoms with van der Waals surface area (Å²) >= 11 is 1.33. The molecule has 2 N–H and O–H groups in total. The second-order valence-corrected chi connectivity index (χ2v) is 11.9. The third kappa shape index (κ3) is 4.90. The summed E-state index contributed by atoms with van der Waals surface area (Å²) in [6, 6.07) is 10.5.